The van der Waals surface area contributed by atoms with Crippen molar-refractivity contribution in [3.63, 3.8) is 0 Å². The van der Waals surface area contributed by atoms with Gasteiger partial charge in [-0.25, -0.2) is 0 Å². The molecule has 0 unspecified atom stereocenters. The van der Waals surface area contributed by atoms with Crippen LogP contribution in [0.3, 0.4) is 0 Å². The number of piperidine rings is 1. The third kappa shape index (κ3) is 4.46. The summed E-state index contributed by atoms with van der Waals surface area (Å²) in [5.74, 6) is 0.937. The van der Waals surface area contributed by atoms with Crippen LogP contribution in [-0.2, 0) is 0 Å². The highest BCUT2D eigenvalue weighted by atomic mass is 16.5. The van der Waals surface area contributed by atoms with Crippen LogP contribution in [0.5, 0.6) is 5.75 Å². The molecule has 1 aliphatic rings. The lowest BCUT2D eigenvalue weighted by Gasteiger charge is -2.31. The average Bonchev–Trinajstić information content (AvgIpc) is 2.55. The first-order valence-corrected chi connectivity index (χ1v) is 7.93. The number of hydrogen-bond donors (Lipinski definition) is 1. The van der Waals surface area contributed by atoms with Crippen molar-refractivity contribution < 1.29 is 9.53 Å². The van der Waals surface area contributed by atoms with Gasteiger partial charge in [-0.3, -0.25) is 4.79 Å². The highest BCUT2D eigenvalue weighted by Gasteiger charge is 2.22. The molecule has 2 rings (SSSR count). The number of amides is 1. The summed E-state index contributed by atoms with van der Waals surface area (Å²) in [4.78, 5) is 14.4. The largest absolute Gasteiger partial charge is 0.494 e. The summed E-state index contributed by atoms with van der Waals surface area (Å²) in [5, 5.41) is 3.33. The summed E-state index contributed by atoms with van der Waals surface area (Å²) in [6.45, 7) is 4.86. The molecule has 0 atom stereocenters. The minimum Gasteiger partial charge on any atom is -0.494 e. The number of rotatable bonds is 6. The number of nitrogens with zero attached hydrogens (tertiary/aromatic N) is 1. The SMILES string of the molecule is CCCCOc1ccc(C(=O)N(C)C2CCNCC2)cc1. The van der Waals surface area contributed by atoms with Crippen LogP contribution in [0.2, 0.25) is 0 Å². The molecule has 1 fully saturated rings. The summed E-state index contributed by atoms with van der Waals surface area (Å²) in [5.41, 5.74) is 0.735. The molecule has 0 bridgehead atoms. The minimum atomic E-state index is 0.0991. The van der Waals surface area contributed by atoms with Gasteiger partial charge in [0.15, 0.2) is 0 Å². The van der Waals surface area contributed by atoms with Gasteiger partial charge in [0, 0.05) is 18.7 Å². The number of nitrogens with one attached hydrogen (secondary N) is 1. The van der Waals surface area contributed by atoms with E-state index in [1.165, 1.54) is 0 Å². The fraction of sp³-hybridized carbons (Fsp3) is 0.588. The summed E-state index contributed by atoms with van der Waals surface area (Å²) in [6.07, 6.45) is 4.23. The molecule has 0 aliphatic carbocycles. The van der Waals surface area contributed by atoms with Gasteiger partial charge in [-0.2, -0.15) is 0 Å². The predicted octanol–water partition coefficient (Wildman–Crippen LogP) is 2.69. The lowest BCUT2D eigenvalue weighted by Crippen LogP contribution is -2.43. The number of benzene rings is 1. The van der Waals surface area contributed by atoms with Crippen molar-refractivity contribution in [2.45, 2.75) is 38.6 Å². The van der Waals surface area contributed by atoms with Gasteiger partial charge in [0.25, 0.3) is 5.91 Å². The molecule has 1 aromatic carbocycles. The maximum absolute atomic E-state index is 12.5. The van der Waals surface area contributed by atoms with Crippen molar-refractivity contribution in [1.82, 2.24) is 10.2 Å². The van der Waals surface area contributed by atoms with Crippen molar-refractivity contribution in [2.75, 3.05) is 26.7 Å². The fourth-order valence-electron chi connectivity index (χ4n) is 2.59. The predicted molar refractivity (Wildman–Crippen MR) is 84.8 cm³/mol. The third-order valence-electron chi connectivity index (χ3n) is 4.04. The minimum absolute atomic E-state index is 0.0991. The number of ether oxygens (including phenoxy) is 1. The van der Waals surface area contributed by atoms with Gasteiger partial charge in [-0.05, 0) is 56.6 Å². The zero-order chi connectivity index (χ0) is 15.1. The van der Waals surface area contributed by atoms with Crippen molar-refractivity contribution in [3.8, 4) is 5.75 Å². The molecule has 1 saturated heterocycles. The number of unbranched alkanes of at least 4 members (excludes halogenated alkanes) is 1. The fourth-order valence-corrected chi connectivity index (χ4v) is 2.59. The van der Waals surface area contributed by atoms with Crippen molar-refractivity contribution in [3.05, 3.63) is 29.8 Å². The number of carbonyl (C=O) groups is 1. The monoisotopic (exact) mass is 290 g/mol. The Kier molecular flexibility index (Phi) is 6.05. The standard InChI is InChI=1S/C17H26N2O2/c1-3-4-13-21-16-7-5-14(6-8-16)17(20)19(2)15-9-11-18-12-10-15/h5-8,15,18H,3-4,9-13H2,1-2H3. The molecule has 116 valence electrons. The van der Waals surface area contributed by atoms with Crippen LogP contribution in [0.4, 0.5) is 0 Å². The Bertz CT molecular complexity index is 439. The van der Waals surface area contributed by atoms with E-state index in [-0.39, 0.29) is 5.91 Å². The van der Waals surface area contributed by atoms with Crippen LogP contribution >= 0.6 is 0 Å². The van der Waals surface area contributed by atoms with E-state index >= 15 is 0 Å². The Balaban J connectivity index is 1.92. The first-order chi connectivity index (χ1) is 10.2. The molecule has 21 heavy (non-hydrogen) atoms. The van der Waals surface area contributed by atoms with Crippen LogP contribution in [0.1, 0.15) is 43.0 Å². The quantitative estimate of drug-likeness (QED) is 0.819. The lowest BCUT2D eigenvalue weighted by molar-refractivity contribution is 0.0703. The van der Waals surface area contributed by atoms with E-state index in [2.05, 4.69) is 12.2 Å². The zero-order valence-corrected chi connectivity index (χ0v) is 13.1. The van der Waals surface area contributed by atoms with Gasteiger partial charge in [0.05, 0.1) is 6.61 Å². The molecule has 1 aliphatic heterocycles. The van der Waals surface area contributed by atoms with Crippen LogP contribution in [0, 0.1) is 0 Å². The van der Waals surface area contributed by atoms with Gasteiger partial charge in [-0.1, -0.05) is 13.3 Å². The van der Waals surface area contributed by atoms with Gasteiger partial charge >= 0.3 is 0 Å². The van der Waals surface area contributed by atoms with E-state index in [1.54, 1.807) is 0 Å². The van der Waals surface area contributed by atoms with Crippen molar-refractivity contribution in [2.24, 2.45) is 0 Å². The first kappa shape index (κ1) is 15.8. The lowest BCUT2D eigenvalue weighted by atomic mass is 10.0. The van der Waals surface area contributed by atoms with Gasteiger partial charge in [0.2, 0.25) is 0 Å². The molecule has 0 aromatic heterocycles. The molecular formula is C17H26N2O2. The summed E-state index contributed by atoms with van der Waals surface area (Å²) in [6, 6.07) is 7.85. The van der Waals surface area contributed by atoms with E-state index in [4.69, 9.17) is 4.74 Å². The smallest absolute Gasteiger partial charge is 0.253 e. The van der Waals surface area contributed by atoms with Crippen molar-refractivity contribution in [1.29, 1.82) is 0 Å². The molecule has 4 nitrogen and oxygen atoms in total. The van der Waals surface area contributed by atoms with Crippen LogP contribution < -0.4 is 10.1 Å². The Morgan fingerprint density at radius 3 is 2.57 bits per heavy atom. The molecular weight excluding hydrogens is 264 g/mol. The molecule has 1 aromatic rings. The topological polar surface area (TPSA) is 41.6 Å². The highest BCUT2D eigenvalue weighted by Crippen LogP contribution is 2.17. The van der Waals surface area contributed by atoms with Crippen LogP contribution in [0.15, 0.2) is 24.3 Å². The number of hydrogen-bond acceptors (Lipinski definition) is 3. The number of carbonyl (C=O) groups excluding carboxylic acids is 1. The molecule has 1 N–H and O–H groups in total. The van der Waals surface area contributed by atoms with E-state index in [1.807, 2.05) is 36.2 Å². The van der Waals surface area contributed by atoms with E-state index < -0.39 is 0 Å². The van der Waals surface area contributed by atoms with Crippen LogP contribution in [0.25, 0.3) is 0 Å². The maximum atomic E-state index is 12.5. The average molecular weight is 290 g/mol. The normalized spacial score (nSPS) is 15.7. The molecule has 0 radical (unpaired) electrons. The molecule has 1 amide bonds. The Morgan fingerprint density at radius 2 is 1.95 bits per heavy atom. The van der Waals surface area contributed by atoms with Gasteiger partial charge < -0.3 is 15.0 Å². The molecule has 4 heteroatoms. The summed E-state index contributed by atoms with van der Waals surface area (Å²) < 4.78 is 5.62. The zero-order valence-electron chi connectivity index (χ0n) is 13.1. The molecule has 1 heterocycles. The maximum Gasteiger partial charge on any atom is 0.253 e. The second kappa shape index (κ2) is 8.03. The third-order valence-corrected chi connectivity index (χ3v) is 4.04. The Labute approximate surface area is 127 Å². The van der Waals surface area contributed by atoms with Gasteiger partial charge in [-0.15, -0.1) is 0 Å². The first-order valence-electron chi connectivity index (χ1n) is 7.93. The second-order valence-electron chi connectivity index (χ2n) is 5.62. The van der Waals surface area contributed by atoms with E-state index in [0.717, 1.165) is 56.7 Å². The summed E-state index contributed by atoms with van der Waals surface area (Å²) >= 11 is 0. The molecule has 0 saturated carbocycles. The van der Waals surface area contributed by atoms with Crippen LogP contribution in [-0.4, -0.2) is 43.6 Å². The van der Waals surface area contributed by atoms with Crippen molar-refractivity contribution >= 4 is 5.91 Å². The summed E-state index contributed by atoms with van der Waals surface area (Å²) in [7, 11) is 1.91. The van der Waals surface area contributed by atoms with E-state index in [9.17, 15) is 4.79 Å². The van der Waals surface area contributed by atoms with Gasteiger partial charge in [0.1, 0.15) is 5.75 Å². The molecule has 0 spiro atoms. The second-order valence-corrected chi connectivity index (χ2v) is 5.62. The van der Waals surface area contributed by atoms with E-state index in [0.29, 0.717) is 6.04 Å². The highest BCUT2D eigenvalue weighted by molar-refractivity contribution is 5.94. The Morgan fingerprint density at radius 1 is 1.29 bits per heavy atom. The Hall–Kier alpha value is -1.55.